The maximum atomic E-state index is 13.3. The number of hydrogen-bond acceptors (Lipinski definition) is 3. The molecule has 0 spiro atoms. The molecule has 0 fully saturated rings. The lowest BCUT2D eigenvalue weighted by molar-refractivity contribution is 0.404. The van der Waals surface area contributed by atoms with E-state index in [1.807, 2.05) is 24.6 Å². The van der Waals surface area contributed by atoms with Crippen molar-refractivity contribution < 1.29 is 9.13 Å². The maximum Gasteiger partial charge on any atom is 0.124 e. The van der Waals surface area contributed by atoms with Crippen molar-refractivity contribution in [3.8, 4) is 5.75 Å². The molecule has 0 aliphatic heterocycles. The quantitative estimate of drug-likeness (QED) is 0.901. The number of rotatable bonds is 4. The highest BCUT2D eigenvalue weighted by molar-refractivity contribution is 7.10. The predicted molar refractivity (Wildman–Crippen MR) is 68.2 cm³/mol. The fourth-order valence-electron chi connectivity index (χ4n) is 1.84. The first-order valence-corrected chi connectivity index (χ1v) is 6.18. The van der Waals surface area contributed by atoms with E-state index in [0.717, 1.165) is 10.4 Å². The molecule has 2 nitrogen and oxygen atoms in total. The van der Waals surface area contributed by atoms with E-state index in [1.165, 1.54) is 12.1 Å². The Hall–Kier alpha value is -1.39. The highest BCUT2D eigenvalue weighted by Gasteiger charge is 2.18. The normalized spacial score (nSPS) is 12.4. The first kappa shape index (κ1) is 12.1. The number of thiophene rings is 1. The Morgan fingerprint density at radius 2 is 2.18 bits per heavy atom. The van der Waals surface area contributed by atoms with Gasteiger partial charge in [-0.05, 0) is 36.7 Å². The molecular formula is C13H14FNOS. The summed E-state index contributed by atoms with van der Waals surface area (Å²) >= 11 is 1.63. The van der Waals surface area contributed by atoms with Crippen molar-refractivity contribution in [1.82, 2.24) is 5.32 Å². The molecule has 1 atom stereocenters. The Morgan fingerprint density at radius 1 is 1.35 bits per heavy atom. The molecular weight excluding hydrogens is 237 g/mol. The molecule has 0 saturated heterocycles. The molecule has 0 aliphatic rings. The summed E-state index contributed by atoms with van der Waals surface area (Å²) in [6, 6.07) is 8.54. The molecule has 17 heavy (non-hydrogen) atoms. The van der Waals surface area contributed by atoms with E-state index in [4.69, 9.17) is 4.74 Å². The standard InChI is InChI=1S/C13H14FNOS/c1-15-13(12-4-3-7-17-12)10-8-9(14)5-6-11(10)16-2/h3-8,13,15H,1-2H3. The second-order valence-electron chi connectivity index (χ2n) is 3.62. The third-order valence-electron chi connectivity index (χ3n) is 2.62. The van der Waals surface area contributed by atoms with Crippen molar-refractivity contribution in [2.45, 2.75) is 6.04 Å². The summed E-state index contributed by atoms with van der Waals surface area (Å²) in [5.74, 6) is 0.441. The Morgan fingerprint density at radius 3 is 2.76 bits per heavy atom. The van der Waals surface area contributed by atoms with E-state index in [9.17, 15) is 4.39 Å². The number of hydrogen-bond donors (Lipinski definition) is 1. The first-order valence-electron chi connectivity index (χ1n) is 5.30. The van der Waals surface area contributed by atoms with Crippen molar-refractivity contribution in [2.24, 2.45) is 0 Å². The van der Waals surface area contributed by atoms with Crippen LogP contribution in [0, 0.1) is 5.82 Å². The van der Waals surface area contributed by atoms with Crippen molar-refractivity contribution in [3.63, 3.8) is 0 Å². The average molecular weight is 251 g/mol. The third-order valence-corrected chi connectivity index (χ3v) is 3.56. The maximum absolute atomic E-state index is 13.3. The first-order chi connectivity index (χ1) is 8.26. The topological polar surface area (TPSA) is 21.3 Å². The van der Waals surface area contributed by atoms with Crippen LogP contribution in [0.1, 0.15) is 16.5 Å². The van der Waals surface area contributed by atoms with Gasteiger partial charge in [0.1, 0.15) is 11.6 Å². The van der Waals surface area contributed by atoms with Gasteiger partial charge in [-0.3, -0.25) is 0 Å². The van der Waals surface area contributed by atoms with E-state index in [1.54, 1.807) is 24.5 Å². The molecule has 0 amide bonds. The van der Waals surface area contributed by atoms with Gasteiger partial charge >= 0.3 is 0 Å². The van der Waals surface area contributed by atoms with Crippen LogP contribution in [-0.2, 0) is 0 Å². The summed E-state index contributed by atoms with van der Waals surface area (Å²) in [5, 5.41) is 5.19. The van der Waals surface area contributed by atoms with Gasteiger partial charge in [0.15, 0.2) is 0 Å². The number of benzene rings is 1. The second kappa shape index (κ2) is 5.29. The lowest BCUT2D eigenvalue weighted by Crippen LogP contribution is -2.17. The van der Waals surface area contributed by atoms with Gasteiger partial charge in [0.05, 0.1) is 13.2 Å². The molecule has 0 saturated carbocycles. The summed E-state index contributed by atoms with van der Waals surface area (Å²) in [5.41, 5.74) is 0.817. The Balaban J connectivity index is 2.46. The van der Waals surface area contributed by atoms with Crippen molar-refractivity contribution in [3.05, 3.63) is 52.0 Å². The number of halogens is 1. The van der Waals surface area contributed by atoms with E-state index in [2.05, 4.69) is 5.32 Å². The summed E-state index contributed by atoms with van der Waals surface area (Å²) in [6.45, 7) is 0. The third kappa shape index (κ3) is 2.48. The van der Waals surface area contributed by atoms with Crippen LogP contribution in [0.25, 0.3) is 0 Å². The molecule has 2 rings (SSSR count). The van der Waals surface area contributed by atoms with Crippen LogP contribution < -0.4 is 10.1 Å². The molecule has 1 heterocycles. The smallest absolute Gasteiger partial charge is 0.124 e. The summed E-state index contributed by atoms with van der Waals surface area (Å²) in [7, 11) is 3.45. The predicted octanol–water partition coefficient (Wildman–Crippen LogP) is 3.20. The van der Waals surface area contributed by atoms with Crippen LogP contribution in [0.4, 0.5) is 4.39 Å². The number of ether oxygens (including phenoxy) is 1. The summed E-state index contributed by atoms with van der Waals surface area (Å²) in [6.07, 6.45) is 0. The van der Waals surface area contributed by atoms with Gasteiger partial charge in [-0.25, -0.2) is 4.39 Å². The van der Waals surface area contributed by atoms with Crippen LogP contribution in [-0.4, -0.2) is 14.2 Å². The SMILES string of the molecule is CNC(c1cccs1)c1cc(F)ccc1OC. The summed E-state index contributed by atoms with van der Waals surface area (Å²) in [4.78, 5) is 1.14. The molecule has 2 aromatic rings. The van der Waals surface area contributed by atoms with E-state index in [-0.39, 0.29) is 11.9 Å². The van der Waals surface area contributed by atoms with Gasteiger partial charge in [-0.1, -0.05) is 6.07 Å². The average Bonchev–Trinajstić information content (AvgIpc) is 2.84. The zero-order valence-electron chi connectivity index (χ0n) is 9.74. The Labute approximate surface area is 104 Å². The van der Waals surface area contributed by atoms with Crippen LogP contribution in [0.15, 0.2) is 35.7 Å². The van der Waals surface area contributed by atoms with Crippen LogP contribution >= 0.6 is 11.3 Å². The van der Waals surface area contributed by atoms with Crippen molar-refractivity contribution >= 4 is 11.3 Å². The zero-order valence-corrected chi connectivity index (χ0v) is 10.6. The Kier molecular flexibility index (Phi) is 3.76. The molecule has 1 N–H and O–H groups in total. The minimum absolute atomic E-state index is 0.0411. The lowest BCUT2D eigenvalue weighted by Gasteiger charge is -2.18. The minimum Gasteiger partial charge on any atom is -0.496 e. The molecule has 1 aromatic heterocycles. The molecule has 0 bridgehead atoms. The van der Waals surface area contributed by atoms with Gasteiger partial charge in [-0.2, -0.15) is 0 Å². The van der Waals surface area contributed by atoms with Crippen LogP contribution in [0.2, 0.25) is 0 Å². The van der Waals surface area contributed by atoms with Crippen molar-refractivity contribution in [1.29, 1.82) is 0 Å². The highest BCUT2D eigenvalue weighted by Crippen LogP contribution is 2.32. The van der Waals surface area contributed by atoms with E-state index < -0.39 is 0 Å². The molecule has 4 heteroatoms. The van der Waals surface area contributed by atoms with E-state index >= 15 is 0 Å². The molecule has 0 radical (unpaired) electrons. The number of methoxy groups -OCH3 is 1. The zero-order chi connectivity index (χ0) is 12.3. The highest BCUT2D eigenvalue weighted by atomic mass is 32.1. The van der Waals surface area contributed by atoms with Gasteiger partial charge in [-0.15, -0.1) is 11.3 Å². The largest absolute Gasteiger partial charge is 0.496 e. The van der Waals surface area contributed by atoms with E-state index in [0.29, 0.717) is 5.75 Å². The number of nitrogens with one attached hydrogen (secondary N) is 1. The van der Waals surface area contributed by atoms with Crippen molar-refractivity contribution in [2.75, 3.05) is 14.2 Å². The molecule has 1 aromatic carbocycles. The monoisotopic (exact) mass is 251 g/mol. The van der Waals surface area contributed by atoms with Crippen LogP contribution in [0.5, 0.6) is 5.75 Å². The lowest BCUT2D eigenvalue weighted by atomic mass is 10.0. The molecule has 0 aliphatic carbocycles. The van der Waals surface area contributed by atoms with Gasteiger partial charge in [0.2, 0.25) is 0 Å². The Bertz CT molecular complexity index is 484. The van der Waals surface area contributed by atoms with Gasteiger partial charge in [0, 0.05) is 10.4 Å². The molecule has 1 unspecified atom stereocenters. The fraction of sp³-hybridized carbons (Fsp3) is 0.231. The van der Waals surface area contributed by atoms with Crippen LogP contribution in [0.3, 0.4) is 0 Å². The second-order valence-corrected chi connectivity index (χ2v) is 4.60. The van der Waals surface area contributed by atoms with Gasteiger partial charge in [0.25, 0.3) is 0 Å². The molecule has 90 valence electrons. The fourth-order valence-corrected chi connectivity index (χ4v) is 2.69. The van der Waals surface area contributed by atoms with Gasteiger partial charge < -0.3 is 10.1 Å². The minimum atomic E-state index is -0.252. The summed E-state index contributed by atoms with van der Waals surface area (Å²) < 4.78 is 18.6.